The van der Waals surface area contributed by atoms with Gasteiger partial charge in [0.15, 0.2) is 9.84 Å². The van der Waals surface area contributed by atoms with Crippen LogP contribution in [0.4, 0.5) is 0 Å². The van der Waals surface area contributed by atoms with Gasteiger partial charge in [-0.3, -0.25) is 0 Å². The van der Waals surface area contributed by atoms with E-state index in [0.29, 0.717) is 0 Å². The Hall–Kier alpha value is 0.0900. The van der Waals surface area contributed by atoms with Gasteiger partial charge in [0, 0.05) is 15.6 Å². The molecule has 0 fully saturated rings. The molecule has 0 bridgehead atoms. The number of rotatable bonds is 5. The van der Waals surface area contributed by atoms with Crippen LogP contribution >= 0.6 is 27.3 Å². The van der Waals surface area contributed by atoms with Crippen LogP contribution in [-0.4, -0.2) is 26.5 Å². The minimum atomic E-state index is -3.04. The molecule has 0 saturated heterocycles. The molecule has 2 atom stereocenters. The van der Waals surface area contributed by atoms with Crippen LogP contribution in [0.15, 0.2) is 15.9 Å². The predicted octanol–water partition coefficient (Wildman–Crippen LogP) is 2.59. The summed E-state index contributed by atoms with van der Waals surface area (Å²) in [5.74, 6) is 0. The zero-order valence-corrected chi connectivity index (χ0v) is 12.7. The third-order valence-electron chi connectivity index (χ3n) is 2.50. The molecule has 1 aromatic heterocycles. The van der Waals surface area contributed by atoms with E-state index >= 15 is 0 Å². The van der Waals surface area contributed by atoms with Crippen molar-refractivity contribution in [2.75, 3.05) is 12.8 Å². The highest BCUT2D eigenvalue weighted by Crippen LogP contribution is 2.32. The van der Waals surface area contributed by atoms with E-state index in [1.807, 2.05) is 18.4 Å². The van der Waals surface area contributed by atoms with Crippen LogP contribution < -0.4 is 5.32 Å². The molecule has 1 aromatic rings. The Morgan fingerprint density at radius 1 is 1.56 bits per heavy atom. The smallest absolute Gasteiger partial charge is 0.151 e. The molecule has 1 heterocycles. The van der Waals surface area contributed by atoms with E-state index in [9.17, 15) is 8.42 Å². The average Bonchev–Trinajstić information content (AvgIpc) is 2.58. The molecule has 0 amide bonds. The first-order valence-corrected chi connectivity index (χ1v) is 8.65. The van der Waals surface area contributed by atoms with Crippen LogP contribution in [0, 0.1) is 0 Å². The van der Waals surface area contributed by atoms with Crippen molar-refractivity contribution in [2.45, 2.75) is 25.1 Å². The molecule has 0 saturated carbocycles. The van der Waals surface area contributed by atoms with Crippen LogP contribution in [0.2, 0.25) is 0 Å². The maximum absolute atomic E-state index is 11.6. The molecule has 16 heavy (non-hydrogen) atoms. The van der Waals surface area contributed by atoms with Crippen molar-refractivity contribution >= 4 is 37.1 Å². The second kappa shape index (κ2) is 5.62. The summed E-state index contributed by atoms with van der Waals surface area (Å²) in [5.41, 5.74) is 0. The Kier molecular flexibility index (Phi) is 4.97. The highest BCUT2D eigenvalue weighted by atomic mass is 79.9. The van der Waals surface area contributed by atoms with Gasteiger partial charge in [0.2, 0.25) is 0 Å². The standard InChI is InChI=1S/C10H16BrNO2S2/c1-4-12-9(7(2)16(3,13)14)10-8(11)5-6-15-10/h5-7,9,12H,4H2,1-3H3. The summed E-state index contributed by atoms with van der Waals surface area (Å²) in [5, 5.41) is 4.76. The van der Waals surface area contributed by atoms with Gasteiger partial charge in [0.05, 0.1) is 11.3 Å². The third-order valence-corrected chi connectivity index (χ3v) is 6.07. The molecule has 0 spiro atoms. The molecule has 0 aliphatic heterocycles. The molecule has 2 unspecified atom stereocenters. The molecule has 0 aliphatic rings. The van der Waals surface area contributed by atoms with Crippen molar-refractivity contribution in [1.29, 1.82) is 0 Å². The number of nitrogens with one attached hydrogen (secondary N) is 1. The number of halogens is 1. The largest absolute Gasteiger partial charge is 0.308 e. The Bertz CT molecular complexity index is 441. The van der Waals surface area contributed by atoms with Gasteiger partial charge in [-0.25, -0.2) is 8.42 Å². The highest BCUT2D eigenvalue weighted by Gasteiger charge is 2.28. The topological polar surface area (TPSA) is 46.2 Å². The van der Waals surface area contributed by atoms with Crippen molar-refractivity contribution in [3.8, 4) is 0 Å². The van der Waals surface area contributed by atoms with Crippen LogP contribution in [-0.2, 0) is 9.84 Å². The summed E-state index contributed by atoms with van der Waals surface area (Å²) in [6, 6.07) is 1.80. The van der Waals surface area contributed by atoms with Gasteiger partial charge in [0.25, 0.3) is 0 Å². The molecule has 0 aliphatic carbocycles. The van der Waals surface area contributed by atoms with Crippen molar-refractivity contribution < 1.29 is 8.42 Å². The zero-order valence-electron chi connectivity index (χ0n) is 9.53. The quantitative estimate of drug-likeness (QED) is 0.905. The summed E-state index contributed by atoms with van der Waals surface area (Å²) in [6.07, 6.45) is 1.28. The second-order valence-corrected chi connectivity index (χ2v) is 7.91. The van der Waals surface area contributed by atoms with E-state index in [4.69, 9.17) is 0 Å². The maximum atomic E-state index is 11.6. The summed E-state index contributed by atoms with van der Waals surface area (Å²) < 4.78 is 24.2. The Labute approximate surface area is 109 Å². The lowest BCUT2D eigenvalue weighted by Gasteiger charge is -2.23. The molecule has 3 nitrogen and oxygen atoms in total. The van der Waals surface area contributed by atoms with Gasteiger partial charge in [-0.1, -0.05) is 6.92 Å². The average molecular weight is 326 g/mol. The lowest BCUT2D eigenvalue weighted by Crippen LogP contribution is -2.34. The molecular weight excluding hydrogens is 310 g/mol. The van der Waals surface area contributed by atoms with Gasteiger partial charge >= 0.3 is 0 Å². The van der Waals surface area contributed by atoms with E-state index in [0.717, 1.165) is 15.9 Å². The van der Waals surface area contributed by atoms with E-state index in [2.05, 4.69) is 21.2 Å². The monoisotopic (exact) mass is 325 g/mol. The molecule has 0 aromatic carbocycles. The van der Waals surface area contributed by atoms with Crippen molar-refractivity contribution in [2.24, 2.45) is 0 Å². The molecule has 1 N–H and O–H groups in total. The Morgan fingerprint density at radius 2 is 2.19 bits per heavy atom. The first-order valence-electron chi connectivity index (χ1n) is 5.03. The molecule has 92 valence electrons. The predicted molar refractivity (Wildman–Crippen MR) is 72.7 cm³/mol. The van der Waals surface area contributed by atoms with Crippen LogP contribution in [0.5, 0.6) is 0 Å². The fourth-order valence-corrected chi connectivity index (χ4v) is 4.08. The normalized spacial score (nSPS) is 16.0. The van der Waals surface area contributed by atoms with Crippen LogP contribution in [0.1, 0.15) is 24.8 Å². The van der Waals surface area contributed by atoms with Crippen LogP contribution in [0.25, 0.3) is 0 Å². The van der Waals surface area contributed by atoms with E-state index in [-0.39, 0.29) is 6.04 Å². The summed E-state index contributed by atoms with van der Waals surface area (Å²) in [6.45, 7) is 4.47. The van der Waals surface area contributed by atoms with Gasteiger partial charge in [-0.05, 0) is 40.8 Å². The van der Waals surface area contributed by atoms with Crippen molar-refractivity contribution in [3.63, 3.8) is 0 Å². The van der Waals surface area contributed by atoms with Gasteiger partial charge in [-0.2, -0.15) is 0 Å². The number of sulfone groups is 1. The molecule has 0 radical (unpaired) electrons. The summed E-state index contributed by atoms with van der Waals surface area (Å²) >= 11 is 5.02. The number of hydrogen-bond acceptors (Lipinski definition) is 4. The number of hydrogen-bond donors (Lipinski definition) is 1. The molecule has 6 heteroatoms. The minimum absolute atomic E-state index is 0.144. The minimum Gasteiger partial charge on any atom is -0.308 e. The van der Waals surface area contributed by atoms with E-state index in [1.54, 1.807) is 18.3 Å². The van der Waals surface area contributed by atoms with Gasteiger partial charge in [0.1, 0.15) is 0 Å². The van der Waals surface area contributed by atoms with E-state index in [1.165, 1.54) is 6.26 Å². The fourth-order valence-electron chi connectivity index (χ4n) is 1.47. The number of thiophene rings is 1. The molecular formula is C10H16BrNO2S2. The summed E-state index contributed by atoms with van der Waals surface area (Å²) in [4.78, 5) is 1.04. The maximum Gasteiger partial charge on any atom is 0.151 e. The Morgan fingerprint density at radius 3 is 2.56 bits per heavy atom. The Balaban J connectivity index is 3.05. The zero-order chi connectivity index (χ0) is 12.3. The lowest BCUT2D eigenvalue weighted by molar-refractivity contribution is 0.517. The fraction of sp³-hybridized carbons (Fsp3) is 0.600. The van der Waals surface area contributed by atoms with Crippen LogP contribution in [0.3, 0.4) is 0 Å². The van der Waals surface area contributed by atoms with Crippen molar-refractivity contribution in [3.05, 3.63) is 20.8 Å². The second-order valence-electron chi connectivity index (χ2n) is 3.70. The first kappa shape index (κ1) is 14.2. The van der Waals surface area contributed by atoms with Gasteiger partial charge in [-0.15, -0.1) is 11.3 Å². The lowest BCUT2D eigenvalue weighted by atomic mass is 10.2. The van der Waals surface area contributed by atoms with Gasteiger partial charge < -0.3 is 5.32 Å². The first-order chi connectivity index (χ1) is 7.38. The summed E-state index contributed by atoms with van der Waals surface area (Å²) in [7, 11) is -3.04. The van der Waals surface area contributed by atoms with Crippen molar-refractivity contribution in [1.82, 2.24) is 5.32 Å². The molecule has 1 rings (SSSR count). The third kappa shape index (κ3) is 3.29. The highest BCUT2D eigenvalue weighted by molar-refractivity contribution is 9.10. The van der Waals surface area contributed by atoms with E-state index < -0.39 is 15.1 Å². The SMILES string of the molecule is CCNC(c1sccc1Br)C(C)S(C)(=O)=O.